The van der Waals surface area contributed by atoms with E-state index in [9.17, 15) is 9.59 Å². The van der Waals surface area contributed by atoms with E-state index in [0.717, 1.165) is 16.7 Å². The van der Waals surface area contributed by atoms with E-state index in [2.05, 4.69) is 10.3 Å². The molecule has 1 aromatic heterocycles. The molecule has 0 saturated carbocycles. The van der Waals surface area contributed by atoms with Crippen LogP contribution in [0.4, 0.5) is 5.82 Å². The summed E-state index contributed by atoms with van der Waals surface area (Å²) in [6.45, 7) is 4.13. The summed E-state index contributed by atoms with van der Waals surface area (Å²) < 4.78 is 6.92. The summed E-state index contributed by atoms with van der Waals surface area (Å²) in [4.78, 5) is 30.3. The minimum absolute atomic E-state index is 0.130. The van der Waals surface area contributed by atoms with E-state index in [4.69, 9.17) is 16.3 Å². The lowest BCUT2D eigenvalue weighted by atomic mass is 10.1. The van der Waals surface area contributed by atoms with Gasteiger partial charge in [-0.3, -0.25) is 9.36 Å². The van der Waals surface area contributed by atoms with Gasteiger partial charge in [0.15, 0.2) is 11.0 Å². The number of hydrogen-bond donors (Lipinski definition) is 1. The highest BCUT2D eigenvalue weighted by molar-refractivity contribution is 6.30. The highest BCUT2D eigenvalue weighted by Crippen LogP contribution is 2.30. The van der Waals surface area contributed by atoms with Crippen LogP contribution < -0.4 is 10.9 Å². The van der Waals surface area contributed by atoms with Gasteiger partial charge in [0.2, 0.25) is 0 Å². The van der Waals surface area contributed by atoms with Crippen molar-refractivity contribution in [1.82, 2.24) is 9.55 Å². The molecule has 2 heterocycles. The zero-order chi connectivity index (χ0) is 22.0. The molecule has 31 heavy (non-hydrogen) atoms. The molecule has 6 nitrogen and oxygen atoms in total. The number of nitrogens with one attached hydrogen (secondary N) is 1. The predicted octanol–water partition coefficient (Wildman–Crippen LogP) is 4.61. The average molecular weight is 438 g/mol. The lowest BCUT2D eigenvalue weighted by Gasteiger charge is -2.19. The Bertz CT molecular complexity index is 1160. The number of carbonyl (C=O) groups excluding carboxylic acids is 1. The van der Waals surface area contributed by atoms with E-state index in [1.54, 1.807) is 0 Å². The van der Waals surface area contributed by atoms with Gasteiger partial charge in [-0.05, 0) is 37.8 Å². The highest BCUT2D eigenvalue weighted by atomic mass is 35.5. The molecule has 0 aliphatic carbocycles. The van der Waals surface area contributed by atoms with Crippen molar-refractivity contribution >= 4 is 23.4 Å². The second kappa shape index (κ2) is 8.94. The number of fused-ring (bicyclic) bond motifs is 1. The van der Waals surface area contributed by atoms with Gasteiger partial charge in [-0.15, -0.1) is 0 Å². The number of aryl methyl sites for hydroxylation is 1. The van der Waals surface area contributed by atoms with Crippen LogP contribution in [-0.4, -0.2) is 15.5 Å². The van der Waals surface area contributed by atoms with Crippen LogP contribution in [0.25, 0.3) is 0 Å². The Morgan fingerprint density at radius 2 is 2.03 bits per heavy atom. The van der Waals surface area contributed by atoms with Crippen molar-refractivity contribution in [3.8, 4) is 0 Å². The molecular weight excluding hydrogens is 414 g/mol. The number of aromatic nitrogens is 2. The van der Waals surface area contributed by atoms with E-state index in [1.165, 1.54) is 4.57 Å². The van der Waals surface area contributed by atoms with Crippen LogP contribution in [0.3, 0.4) is 0 Å². The smallest absolute Gasteiger partial charge is 0.329 e. The largest absolute Gasteiger partial charge is 0.459 e. The lowest BCUT2D eigenvalue weighted by Crippen LogP contribution is -2.32. The standard InChI is InChI=1S/C24H24ClN3O3/c1-15-7-6-10-18(13-15)16(2)26-22-23(29)28-19(21(25)27-22)11-12-20(28)24(30)31-14-17-8-4-3-5-9-17/h3-10,13,16,20H,11-12,14H2,1-2H3,(H,26,27)/t16-,20+/m1/s1. The van der Waals surface area contributed by atoms with Gasteiger partial charge in [0, 0.05) is 0 Å². The molecule has 0 unspecified atom stereocenters. The summed E-state index contributed by atoms with van der Waals surface area (Å²) in [5.74, 6) is -0.310. The molecule has 0 radical (unpaired) electrons. The Morgan fingerprint density at radius 3 is 2.77 bits per heavy atom. The summed E-state index contributed by atoms with van der Waals surface area (Å²) in [7, 11) is 0. The van der Waals surface area contributed by atoms with Crippen molar-refractivity contribution in [3.05, 3.63) is 92.5 Å². The lowest BCUT2D eigenvalue weighted by molar-refractivity contribution is -0.148. The van der Waals surface area contributed by atoms with Crippen molar-refractivity contribution < 1.29 is 9.53 Å². The molecule has 0 fully saturated rings. The average Bonchev–Trinajstić information content (AvgIpc) is 3.22. The summed E-state index contributed by atoms with van der Waals surface area (Å²) in [5.41, 5.74) is 3.26. The molecule has 0 amide bonds. The van der Waals surface area contributed by atoms with Gasteiger partial charge in [0.1, 0.15) is 12.6 Å². The molecule has 2 aromatic carbocycles. The second-order valence-electron chi connectivity index (χ2n) is 7.80. The van der Waals surface area contributed by atoms with Gasteiger partial charge in [0.05, 0.1) is 11.7 Å². The monoisotopic (exact) mass is 437 g/mol. The van der Waals surface area contributed by atoms with Gasteiger partial charge in [-0.1, -0.05) is 71.8 Å². The van der Waals surface area contributed by atoms with Crippen LogP contribution >= 0.6 is 11.6 Å². The zero-order valence-electron chi connectivity index (χ0n) is 17.5. The topological polar surface area (TPSA) is 73.2 Å². The number of nitrogens with zero attached hydrogens (tertiary/aromatic N) is 2. The Labute approximate surface area is 185 Å². The van der Waals surface area contributed by atoms with Crippen LogP contribution in [0.15, 0.2) is 59.4 Å². The van der Waals surface area contributed by atoms with Gasteiger partial charge in [-0.25, -0.2) is 9.78 Å². The SMILES string of the molecule is Cc1cccc([C@@H](C)Nc2nc(Cl)c3n(c2=O)[C@H](C(=O)OCc2ccccc2)CC3)c1. The minimum Gasteiger partial charge on any atom is -0.459 e. The van der Waals surface area contributed by atoms with E-state index in [-0.39, 0.29) is 29.2 Å². The normalized spacial score (nSPS) is 15.9. The third-order valence-corrected chi connectivity index (χ3v) is 5.82. The maximum Gasteiger partial charge on any atom is 0.329 e. The molecule has 1 N–H and O–H groups in total. The summed E-state index contributed by atoms with van der Waals surface area (Å²) in [5, 5.41) is 3.39. The van der Waals surface area contributed by atoms with E-state index in [0.29, 0.717) is 18.5 Å². The molecule has 1 aliphatic rings. The molecule has 4 rings (SSSR count). The van der Waals surface area contributed by atoms with Crippen LogP contribution in [0.1, 0.15) is 47.8 Å². The Morgan fingerprint density at radius 1 is 1.26 bits per heavy atom. The molecule has 1 aliphatic heterocycles. The number of hydrogen-bond acceptors (Lipinski definition) is 5. The summed E-state index contributed by atoms with van der Waals surface area (Å²) in [6, 6.07) is 16.6. The first kappa shape index (κ1) is 21.1. The molecule has 0 bridgehead atoms. The fraction of sp³-hybridized carbons (Fsp3) is 0.292. The minimum atomic E-state index is -0.707. The first-order valence-electron chi connectivity index (χ1n) is 10.3. The van der Waals surface area contributed by atoms with E-state index < -0.39 is 12.0 Å². The Kier molecular flexibility index (Phi) is 6.09. The molecular formula is C24H24ClN3O3. The third-order valence-electron chi connectivity index (χ3n) is 5.52. The summed E-state index contributed by atoms with van der Waals surface area (Å²) >= 11 is 6.38. The molecule has 3 aromatic rings. The van der Waals surface area contributed by atoms with Gasteiger partial charge in [-0.2, -0.15) is 0 Å². The molecule has 0 spiro atoms. The van der Waals surface area contributed by atoms with Crippen molar-refractivity contribution in [2.24, 2.45) is 0 Å². The molecule has 2 atom stereocenters. The number of carbonyl (C=O) groups is 1. The van der Waals surface area contributed by atoms with Crippen LogP contribution in [0, 0.1) is 6.92 Å². The van der Waals surface area contributed by atoms with Gasteiger partial charge >= 0.3 is 5.97 Å². The molecule has 160 valence electrons. The predicted molar refractivity (Wildman–Crippen MR) is 120 cm³/mol. The van der Waals surface area contributed by atoms with Crippen LogP contribution in [-0.2, 0) is 22.6 Å². The maximum atomic E-state index is 13.2. The maximum absolute atomic E-state index is 13.2. The van der Waals surface area contributed by atoms with E-state index >= 15 is 0 Å². The first-order chi connectivity index (χ1) is 14.9. The third kappa shape index (κ3) is 4.49. The number of esters is 1. The van der Waals surface area contributed by atoms with Gasteiger partial charge in [0.25, 0.3) is 5.56 Å². The van der Waals surface area contributed by atoms with Gasteiger partial charge < -0.3 is 10.1 Å². The molecule has 7 heteroatoms. The Hall–Kier alpha value is -3.12. The first-order valence-corrected chi connectivity index (χ1v) is 10.7. The highest BCUT2D eigenvalue weighted by Gasteiger charge is 2.34. The fourth-order valence-corrected chi connectivity index (χ4v) is 4.14. The molecule has 0 saturated heterocycles. The fourth-order valence-electron chi connectivity index (χ4n) is 3.87. The number of benzene rings is 2. The van der Waals surface area contributed by atoms with Crippen molar-refractivity contribution in [1.29, 1.82) is 0 Å². The van der Waals surface area contributed by atoms with Crippen LogP contribution in [0.5, 0.6) is 0 Å². The zero-order valence-corrected chi connectivity index (χ0v) is 18.2. The number of anilines is 1. The number of ether oxygens (including phenoxy) is 1. The van der Waals surface area contributed by atoms with Crippen LogP contribution in [0.2, 0.25) is 5.15 Å². The Balaban J connectivity index is 1.57. The quantitative estimate of drug-likeness (QED) is 0.570. The summed E-state index contributed by atoms with van der Waals surface area (Å²) in [6.07, 6.45) is 0.959. The van der Waals surface area contributed by atoms with E-state index in [1.807, 2.05) is 68.4 Å². The number of halogens is 1. The number of rotatable bonds is 6. The second-order valence-corrected chi connectivity index (χ2v) is 8.16. The van der Waals surface area contributed by atoms with Crippen molar-refractivity contribution in [2.45, 2.75) is 45.4 Å². The van der Waals surface area contributed by atoms with Crippen molar-refractivity contribution in [2.75, 3.05) is 5.32 Å². The van der Waals surface area contributed by atoms with Crippen molar-refractivity contribution in [3.63, 3.8) is 0 Å².